The van der Waals surface area contributed by atoms with Gasteiger partial charge in [-0.2, -0.15) is 13.2 Å². The molecule has 1 aromatic rings. The first-order chi connectivity index (χ1) is 10.0. The van der Waals surface area contributed by atoms with Crippen LogP contribution in [0.25, 0.3) is 0 Å². The summed E-state index contributed by atoms with van der Waals surface area (Å²) in [6, 6.07) is 4.55. The molecule has 6 heteroatoms. The highest BCUT2D eigenvalue weighted by Gasteiger charge is 2.42. The Kier molecular flexibility index (Phi) is 4.55. The van der Waals surface area contributed by atoms with Crippen molar-refractivity contribution in [3.8, 4) is 0 Å². The van der Waals surface area contributed by atoms with Crippen LogP contribution in [0.15, 0.2) is 18.2 Å². The second-order valence-corrected chi connectivity index (χ2v) is 9.50. The normalized spacial score (nSPS) is 18.6. The van der Waals surface area contributed by atoms with Crippen LogP contribution >= 0.6 is 0 Å². The van der Waals surface area contributed by atoms with Crippen molar-refractivity contribution < 1.29 is 22.4 Å². The van der Waals surface area contributed by atoms with Crippen molar-refractivity contribution in [3.63, 3.8) is 0 Å². The fourth-order valence-electron chi connectivity index (χ4n) is 2.49. The van der Waals surface area contributed by atoms with Gasteiger partial charge in [0.05, 0.1) is 6.10 Å². The van der Waals surface area contributed by atoms with Gasteiger partial charge in [0.1, 0.15) is 0 Å². The Labute approximate surface area is 130 Å². The van der Waals surface area contributed by atoms with Crippen LogP contribution < -0.4 is 0 Å². The van der Waals surface area contributed by atoms with Gasteiger partial charge in [-0.1, -0.05) is 39.0 Å². The van der Waals surface area contributed by atoms with E-state index in [0.29, 0.717) is 18.4 Å². The molecule has 0 saturated carbocycles. The number of carbonyl (C=O) groups excluding carboxylic acids is 1. The van der Waals surface area contributed by atoms with E-state index in [2.05, 4.69) is 27.3 Å². The molecule has 1 aliphatic carbocycles. The molecule has 0 N–H and O–H groups in total. The van der Waals surface area contributed by atoms with Crippen LogP contribution in [0.1, 0.15) is 54.8 Å². The summed E-state index contributed by atoms with van der Waals surface area (Å²) >= 11 is 0. The number of rotatable bonds is 3. The molecule has 0 heterocycles. The molecule has 22 heavy (non-hydrogen) atoms. The molecule has 1 atom stereocenters. The Morgan fingerprint density at radius 3 is 2.45 bits per heavy atom. The number of Topliss-reactive ketones (excluding diaryl/α,β-unsaturated/α-hetero) is 1. The van der Waals surface area contributed by atoms with Gasteiger partial charge in [0, 0.05) is 5.56 Å². The van der Waals surface area contributed by atoms with Crippen LogP contribution in [-0.2, 0) is 10.8 Å². The molecule has 0 fully saturated rings. The van der Waals surface area contributed by atoms with E-state index in [-0.39, 0.29) is 16.7 Å². The number of carbonyl (C=O) groups is 1. The highest BCUT2D eigenvalue weighted by molar-refractivity contribution is 6.53. The van der Waals surface area contributed by atoms with Crippen molar-refractivity contribution in [1.82, 2.24) is 0 Å². The van der Waals surface area contributed by atoms with E-state index in [9.17, 15) is 18.0 Å². The van der Waals surface area contributed by atoms with Crippen LogP contribution in [0.3, 0.4) is 0 Å². The van der Waals surface area contributed by atoms with Gasteiger partial charge in [-0.25, -0.2) is 0 Å². The average Bonchev–Trinajstić information content (AvgIpc) is 2.79. The number of alkyl halides is 3. The third-order valence-electron chi connectivity index (χ3n) is 4.09. The van der Waals surface area contributed by atoms with Crippen LogP contribution in [-0.4, -0.2) is 21.0 Å². The Morgan fingerprint density at radius 2 is 1.91 bits per heavy atom. The zero-order valence-corrected chi connectivity index (χ0v) is 14.2. The van der Waals surface area contributed by atoms with Crippen LogP contribution in [0.4, 0.5) is 13.2 Å². The molecule has 0 saturated heterocycles. The van der Waals surface area contributed by atoms with Crippen molar-refractivity contribution in [3.05, 3.63) is 34.9 Å². The lowest BCUT2D eigenvalue weighted by Crippen LogP contribution is -2.27. The maximum atomic E-state index is 12.7. The standard InChI is InChI=1S/C16H20F3O2Si/c1-15(2,3)22(4)21-13-9-8-10-11(13)6-5-7-12(10)14(20)16(17,18)19/h5-7,13H,8-9H2,1-4H3. The maximum Gasteiger partial charge on any atom is 0.454 e. The van der Waals surface area contributed by atoms with Gasteiger partial charge in [-0.05, 0) is 35.6 Å². The minimum atomic E-state index is -4.83. The minimum absolute atomic E-state index is 0.0484. The van der Waals surface area contributed by atoms with Gasteiger partial charge >= 0.3 is 6.18 Å². The van der Waals surface area contributed by atoms with Gasteiger partial charge in [0.2, 0.25) is 9.04 Å². The monoisotopic (exact) mass is 329 g/mol. The number of benzene rings is 1. The van der Waals surface area contributed by atoms with E-state index >= 15 is 0 Å². The van der Waals surface area contributed by atoms with Crippen molar-refractivity contribution in [2.75, 3.05) is 0 Å². The Morgan fingerprint density at radius 1 is 1.27 bits per heavy atom. The Hall–Kier alpha value is -1.14. The maximum absolute atomic E-state index is 12.7. The number of hydrogen-bond acceptors (Lipinski definition) is 2. The van der Waals surface area contributed by atoms with Crippen molar-refractivity contribution in [2.45, 2.75) is 57.5 Å². The van der Waals surface area contributed by atoms with Crippen LogP contribution in [0.5, 0.6) is 0 Å². The second kappa shape index (κ2) is 5.81. The molecule has 1 aromatic carbocycles. The fraction of sp³-hybridized carbons (Fsp3) is 0.562. The molecule has 121 valence electrons. The summed E-state index contributed by atoms with van der Waals surface area (Å²) in [4.78, 5) is 11.6. The lowest BCUT2D eigenvalue weighted by atomic mass is 9.99. The zero-order valence-electron chi connectivity index (χ0n) is 13.2. The third-order valence-corrected chi connectivity index (χ3v) is 6.84. The number of hydrogen-bond donors (Lipinski definition) is 0. The van der Waals surface area contributed by atoms with E-state index < -0.39 is 21.0 Å². The molecule has 1 aliphatic rings. The van der Waals surface area contributed by atoms with E-state index in [1.54, 1.807) is 6.07 Å². The van der Waals surface area contributed by atoms with E-state index in [0.717, 1.165) is 5.56 Å². The SMILES string of the molecule is C[Si](OC1CCc2c(C(=O)C(F)(F)F)cccc21)C(C)(C)C. The summed E-state index contributed by atoms with van der Waals surface area (Å²) in [5.74, 6) is -1.76. The molecular formula is C16H20F3O2Si. The summed E-state index contributed by atoms with van der Waals surface area (Å²) in [5.41, 5.74) is 1.01. The largest absolute Gasteiger partial charge is 0.454 e. The molecule has 0 amide bonds. The lowest BCUT2D eigenvalue weighted by Gasteiger charge is -2.28. The second-order valence-electron chi connectivity index (χ2n) is 6.65. The summed E-state index contributed by atoms with van der Waals surface area (Å²) in [7, 11) is -1.10. The van der Waals surface area contributed by atoms with Gasteiger partial charge < -0.3 is 4.43 Å². The van der Waals surface area contributed by atoms with Crippen molar-refractivity contribution >= 4 is 14.8 Å². The first kappa shape index (κ1) is 17.2. The van der Waals surface area contributed by atoms with E-state index in [1.807, 2.05) is 0 Å². The first-order valence-electron chi connectivity index (χ1n) is 7.26. The molecule has 0 spiro atoms. The zero-order chi connectivity index (χ0) is 16.7. The van der Waals surface area contributed by atoms with Crippen molar-refractivity contribution in [2.24, 2.45) is 0 Å². The number of halogens is 3. The summed E-state index contributed by atoms with van der Waals surface area (Å²) in [6.45, 7) is 8.36. The van der Waals surface area contributed by atoms with Crippen LogP contribution in [0.2, 0.25) is 11.6 Å². The number of fused-ring (bicyclic) bond motifs is 1. The topological polar surface area (TPSA) is 26.3 Å². The Bertz CT molecular complexity index is 576. The smallest absolute Gasteiger partial charge is 0.409 e. The molecule has 1 radical (unpaired) electrons. The van der Waals surface area contributed by atoms with Gasteiger partial charge in [-0.3, -0.25) is 4.79 Å². The quantitative estimate of drug-likeness (QED) is 0.585. The molecule has 1 unspecified atom stereocenters. The molecule has 0 bridgehead atoms. The molecule has 2 rings (SSSR count). The van der Waals surface area contributed by atoms with E-state index in [4.69, 9.17) is 4.43 Å². The predicted molar refractivity (Wildman–Crippen MR) is 80.3 cm³/mol. The summed E-state index contributed by atoms with van der Waals surface area (Å²) in [5, 5.41) is 0.0484. The van der Waals surface area contributed by atoms with Gasteiger partial charge in [0.15, 0.2) is 0 Å². The summed E-state index contributed by atoms with van der Waals surface area (Å²) < 4.78 is 44.2. The highest BCUT2D eigenvalue weighted by atomic mass is 28.3. The third kappa shape index (κ3) is 3.43. The fourth-order valence-corrected chi connectivity index (χ4v) is 3.52. The average molecular weight is 329 g/mol. The van der Waals surface area contributed by atoms with Gasteiger partial charge in [-0.15, -0.1) is 0 Å². The molecule has 0 aromatic heterocycles. The first-order valence-corrected chi connectivity index (χ1v) is 9.16. The Balaban J connectivity index is 2.29. The molecule has 2 nitrogen and oxygen atoms in total. The molecule has 0 aliphatic heterocycles. The van der Waals surface area contributed by atoms with Crippen molar-refractivity contribution in [1.29, 1.82) is 0 Å². The van der Waals surface area contributed by atoms with Crippen LogP contribution in [0, 0.1) is 0 Å². The van der Waals surface area contributed by atoms with Gasteiger partial charge in [0.25, 0.3) is 5.78 Å². The minimum Gasteiger partial charge on any atom is -0.409 e. The predicted octanol–water partition coefficient (Wildman–Crippen LogP) is 4.86. The highest BCUT2D eigenvalue weighted by Crippen LogP contribution is 2.40. The molecular weight excluding hydrogens is 309 g/mol. The summed E-state index contributed by atoms with van der Waals surface area (Å²) in [6.07, 6.45) is -3.94. The number of ketones is 1. The lowest BCUT2D eigenvalue weighted by molar-refractivity contribution is -0.0885. The van der Waals surface area contributed by atoms with E-state index in [1.165, 1.54) is 12.1 Å².